The molecule has 2 heteroatoms. The van der Waals surface area contributed by atoms with Crippen LogP contribution in [0.15, 0.2) is 24.3 Å². The first kappa shape index (κ1) is 11.3. The first-order valence-corrected chi connectivity index (χ1v) is 6.29. The van der Waals surface area contributed by atoms with Gasteiger partial charge < -0.3 is 10.2 Å². The molecule has 1 fully saturated rings. The van der Waals surface area contributed by atoms with Gasteiger partial charge in [-0.25, -0.2) is 0 Å². The van der Waals surface area contributed by atoms with Crippen LogP contribution in [0.1, 0.15) is 33.1 Å². The van der Waals surface area contributed by atoms with Crippen LogP contribution in [-0.4, -0.2) is 19.1 Å². The van der Waals surface area contributed by atoms with E-state index < -0.39 is 0 Å². The Morgan fingerprint density at radius 1 is 1.12 bits per heavy atom. The fraction of sp³-hybridized carbons (Fsp3) is 0.571. The van der Waals surface area contributed by atoms with Crippen LogP contribution in [0.5, 0.6) is 0 Å². The molecule has 1 aromatic rings. The highest BCUT2D eigenvalue weighted by atomic mass is 15.2. The van der Waals surface area contributed by atoms with Gasteiger partial charge in [0, 0.05) is 19.1 Å². The highest BCUT2D eigenvalue weighted by Crippen LogP contribution is 2.33. The van der Waals surface area contributed by atoms with Gasteiger partial charge in [0.2, 0.25) is 0 Å². The number of nitrogens with zero attached hydrogens (tertiary/aromatic N) is 1. The molecule has 0 radical (unpaired) electrons. The molecule has 0 aromatic heterocycles. The average Bonchev–Trinajstić information content (AvgIpc) is 2.29. The SMILES string of the molecule is CNc1ccccc1N1C(C)CCCC1C. The Kier molecular flexibility index (Phi) is 3.37. The highest BCUT2D eigenvalue weighted by Gasteiger charge is 2.25. The minimum atomic E-state index is 0.651. The van der Waals surface area contributed by atoms with Crippen LogP contribution in [0.3, 0.4) is 0 Å². The molecular formula is C14H22N2. The van der Waals surface area contributed by atoms with Crippen LogP contribution >= 0.6 is 0 Å². The summed E-state index contributed by atoms with van der Waals surface area (Å²) in [5.74, 6) is 0. The Hall–Kier alpha value is -1.18. The van der Waals surface area contributed by atoms with Crippen molar-refractivity contribution < 1.29 is 0 Å². The number of benzene rings is 1. The molecule has 0 saturated carbocycles. The molecule has 2 nitrogen and oxygen atoms in total. The van der Waals surface area contributed by atoms with Crippen molar-refractivity contribution in [1.82, 2.24) is 0 Å². The summed E-state index contributed by atoms with van der Waals surface area (Å²) in [7, 11) is 2.00. The number of para-hydroxylation sites is 2. The van der Waals surface area contributed by atoms with Gasteiger partial charge in [-0.15, -0.1) is 0 Å². The summed E-state index contributed by atoms with van der Waals surface area (Å²) in [6.07, 6.45) is 3.98. The second-order valence-electron chi connectivity index (χ2n) is 4.80. The number of piperidine rings is 1. The number of hydrogen-bond acceptors (Lipinski definition) is 2. The minimum Gasteiger partial charge on any atom is -0.386 e. The Morgan fingerprint density at radius 3 is 2.38 bits per heavy atom. The molecule has 1 heterocycles. The third-order valence-corrected chi connectivity index (χ3v) is 3.65. The van der Waals surface area contributed by atoms with Crippen LogP contribution in [0, 0.1) is 0 Å². The summed E-state index contributed by atoms with van der Waals surface area (Å²) >= 11 is 0. The van der Waals surface area contributed by atoms with Crippen LogP contribution in [-0.2, 0) is 0 Å². The van der Waals surface area contributed by atoms with E-state index in [9.17, 15) is 0 Å². The lowest BCUT2D eigenvalue weighted by Crippen LogP contribution is -2.44. The number of nitrogens with one attached hydrogen (secondary N) is 1. The largest absolute Gasteiger partial charge is 0.386 e. The molecule has 1 saturated heterocycles. The molecular weight excluding hydrogens is 196 g/mol. The second-order valence-corrected chi connectivity index (χ2v) is 4.80. The van der Waals surface area contributed by atoms with Gasteiger partial charge in [-0.3, -0.25) is 0 Å². The molecule has 0 spiro atoms. The standard InChI is InChI=1S/C14H22N2/c1-11-7-6-8-12(2)16(11)14-10-5-4-9-13(14)15-3/h4-5,9-12,15H,6-8H2,1-3H3. The predicted molar refractivity (Wildman–Crippen MR) is 71.2 cm³/mol. The van der Waals surface area contributed by atoms with Gasteiger partial charge in [0.25, 0.3) is 0 Å². The minimum absolute atomic E-state index is 0.651. The number of hydrogen-bond donors (Lipinski definition) is 1. The van der Waals surface area contributed by atoms with E-state index >= 15 is 0 Å². The van der Waals surface area contributed by atoms with Crippen molar-refractivity contribution >= 4 is 11.4 Å². The maximum Gasteiger partial charge on any atom is 0.0606 e. The van der Waals surface area contributed by atoms with Gasteiger partial charge in [-0.2, -0.15) is 0 Å². The summed E-state index contributed by atoms with van der Waals surface area (Å²) in [4.78, 5) is 2.56. The van der Waals surface area contributed by atoms with Crippen LogP contribution in [0.25, 0.3) is 0 Å². The first-order chi connectivity index (χ1) is 7.74. The van der Waals surface area contributed by atoms with E-state index in [0.717, 1.165) is 0 Å². The van der Waals surface area contributed by atoms with E-state index in [0.29, 0.717) is 12.1 Å². The number of anilines is 2. The maximum atomic E-state index is 3.29. The van der Waals surface area contributed by atoms with Crippen molar-refractivity contribution in [3.63, 3.8) is 0 Å². The quantitative estimate of drug-likeness (QED) is 0.817. The molecule has 88 valence electrons. The molecule has 2 atom stereocenters. The smallest absolute Gasteiger partial charge is 0.0606 e. The fourth-order valence-corrected chi connectivity index (χ4v) is 2.81. The van der Waals surface area contributed by atoms with Gasteiger partial charge in [-0.05, 0) is 45.2 Å². The molecule has 2 rings (SSSR count). The Bertz CT molecular complexity index is 338. The maximum absolute atomic E-state index is 3.29. The van der Waals surface area contributed by atoms with Crippen molar-refractivity contribution in [2.75, 3.05) is 17.3 Å². The van der Waals surface area contributed by atoms with Crippen molar-refractivity contribution in [2.45, 2.75) is 45.2 Å². The lowest BCUT2D eigenvalue weighted by Gasteiger charge is -2.41. The summed E-state index contributed by atoms with van der Waals surface area (Å²) in [6.45, 7) is 4.67. The molecule has 2 unspecified atom stereocenters. The lowest BCUT2D eigenvalue weighted by molar-refractivity contribution is 0.415. The Balaban J connectivity index is 2.33. The van der Waals surface area contributed by atoms with Crippen molar-refractivity contribution in [2.24, 2.45) is 0 Å². The van der Waals surface area contributed by atoms with E-state index in [4.69, 9.17) is 0 Å². The van der Waals surface area contributed by atoms with E-state index in [1.165, 1.54) is 30.6 Å². The molecule has 1 N–H and O–H groups in total. The first-order valence-electron chi connectivity index (χ1n) is 6.29. The van der Waals surface area contributed by atoms with Crippen LogP contribution < -0.4 is 10.2 Å². The fourth-order valence-electron chi connectivity index (χ4n) is 2.81. The summed E-state index contributed by atoms with van der Waals surface area (Å²) in [5, 5.41) is 3.29. The predicted octanol–water partition coefficient (Wildman–Crippen LogP) is 3.50. The normalized spacial score (nSPS) is 25.6. The van der Waals surface area contributed by atoms with E-state index in [1.54, 1.807) is 0 Å². The van der Waals surface area contributed by atoms with E-state index in [2.05, 4.69) is 48.3 Å². The Morgan fingerprint density at radius 2 is 1.75 bits per heavy atom. The molecule has 1 aromatic carbocycles. The molecule has 0 bridgehead atoms. The average molecular weight is 218 g/mol. The van der Waals surface area contributed by atoms with Crippen LogP contribution in [0.4, 0.5) is 11.4 Å². The summed E-state index contributed by atoms with van der Waals surface area (Å²) in [6, 6.07) is 9.91. The molecule has 0 amide bonds. The van der Waals surface area contributed by atoms with Gasteiger partial charge in [0.05, 0.1) is 11.4 Å². The zero-order valence-corrected chi connectivity index (χ0v) is 10.5. The van der Waals surface area contributed by atoms with E-state index in [1.807, 2.05) is 7.05 Å². The van der Waals surface area contributed by atoms with Crippen LogP contribution in [0.2, 0.25) is 0 Å². The highest BCUT2D eigenvalue weighted by molar-refractivity contribution is 5.70. The number of rotatable bonds is 2. The third-order valence-electron chi connectivity index (χ3n) is 3.65. The van der Waals surface area contributed by atoms with Crippen molar-refractivity contribution in [3.05, 3.63) is 24.3 Å². The van der Waals surface area contributed by atoms with Gasteiger partial charge in [0.15, 0.2) is 0 Å². The Labute approximate surface area is 98.7 Å². The molecule has 1 aliphatic rings. The molecule has 1 aliphatic heterocycles. The van der Waals surface area contributed by atoms with Gasteiger partial charge >= 0.3 is 0 Å². The molecule has 0 aliphatic carbocycles. The molecule has 16 heavy (non-hydrogen) atoms. The monoisotopic (exact) mass is 218 g/mol. The lowest BCUT2D eigenvalue weighted by atomic mass is 9.96. The van der Waals surface area contributed by atoms with Gasteiger partial charge in [0.1, 0.15) is 0 Å². The second kappa shape index (κ2) is 4.77. The third kappa shape index (κ3) is 2.01. The zero-order valence-electron chi connectivity index (χ0n) is 10.5. The topological polar surface area (TPSA) is 15.3 Å². The van der Waals surface area contributed by atoms with Crippen molar-refractivity contribution in [1.29, 1.82) is 0 Å². The zero-order chi connectivity index (χ0) is 11.5. The van der Waals surface area contributed by atoms with Gasteiger partial charge in [-0.1, -0.05) is 12.1 Å². The summed E-state index contributed by atoms with van der Waals surface area (Å²) in [5.41, 5.74) is 2.59. The van der Waals surface area contributed by atoms with E-state index in [-0.39, 0.29) is 0 Å². The van der Waals surface area contributed by atoms with Crippen molar-refractivity contribution in [3.8, 4) is 0 Å². The summed E-state index contributed by atoms with van der Waals surface area (Å²) < 4.78 is 0.